The van der Waals surface area contributed by atoms with Crippen LogP contribution in [0, 0.1) is 0 Å². The lowest BCUT2D eigenvalue weighted by atomic mass is 10.1. The molecule has 0 spiro atoms. The number of nitrogens with zero attached hydrogens (tertiary/aromatic N) is 1. The lowest BCUT2D eigenvalue weighted by Crippen LogP contribution is -2.03. The monoisotopic (exact) mass is 170 g/mol. The average molecular weight is 170 g/mol. The Morgan fingerprint density at radius 1 is 0.917 bits per heavy atom. The minimum Gasteiger partial charge on any atom is -0.245 e. The molecule has 0 fully saturated rings. The molecule has 1 nitrogen and oxygen atoms in total. The van der Waals surface area contributed by atoms with Gasteiger partial charge in [-0.3, -0.25) is 0 Å². The summed E-state index contributed by atoms with van der Waals surface area (Å²) < 4.78 is 2.02. The van der Waals surface area contributed by atoms with Gasteiger partial charge in [0.05, 0.1) is 0 Å². The van der Waals surface area contributed by atoms with Crippen LogP contribution in [0.5, 0.6) is 0 Å². The van der Waals surface area contributed by atoms with E-state index in [9.17, 15) is 0 Å². The summed E-state index contributed by atoms with van der Waals surface area (Å²) in [5, 5.41) is 0. The van der Waals surface area contributed by atoms with Crippen molar-refractivity contribution in [3.05, 3.63) is 0 Å². The van der Waals surface area contributed by atoms with Gasteiger partial charge in [0.15, 0.2) is 0 Å². The highest BCUT2D eigenvalue weighted by Gasteiger charge is 1.93. The molecule has 0 radical (unpaired) electrons. The maximum atomic E-state index is 3.82. The molecule has 0 aromatic carbocycles. The minimum atomic E-state index is 1.15. The molecule has 0 saturated carbocycles. The molecule has 0 N–H and O–H groups in total. The van der Waals surface area contributed by atoms with Gasteiger partial charge in [-0.1, -0.05) is 39.0 Å². The van der Waals surface area contributed by atoms with E-state index in [2.05, 4.69) is 13.6 Å². The van der Waals surface area contributed by atoms with Gasteiger partial charge in [-0.05, 0) is 6.42 Å². The molecule has 72 valence electrons. The lowest BCUT2D eigenvalue weighted by molar-refractivity contribution is -0.488. The van der Waals surface area contributed by atoms with Gasteiger partial charge in [-0.2, -0.15) is 0 Å². The Bertz CT molecular complexity index is 108. The predicted molar refractivity (Wildman–Crippen MR) is 56.2 cm³/mol. The summed E-state index contributed by atoms with van der Waals surface area (Å²) in [5.41, 5.74) is 0. The summed E-state index contributed by atoms with van der Waals surface area (Å²) in [6, 6.07) is 0. The van der Waals surface area contributed by atoms with Crippen molar-refractivity contribution in [3.63, 3.8) is 0 Å². The highest BCUT2D eigenvalue weighted by Crippen LogP contribution is 2.06. The second-order valence-electron chi connectivity index (χ2n) is 3.70. The Morgan fingerprint density at radius 2 is 1.42 bits per heavy atom. The minimum absolute atomic E-state index is 1.15. The van der Waals surface area contributed by atoms with Gasteiger partial charge in [0.1, 0.15) is 20.3 Å². The molecule has 0 rings (SSSR count). The Labute approximate surface area is 77.5 Å². The van der Waals surface area contributed by atoms with Crippen LogP contribution in [0.4, 0.5) is 0 Å². The third-order valence-corrected chi connectivity index (χ3v) is 2.14. The molecular formula is C11H24N+. The SMILES string of the molecule is C=[N+](C)CCCCCCCCC. The fourth-order valence-corrected chi connectivity index (χ4v) is 1.34. The van der Waals surface area contributed by atoms with Crippen molar-refractivity contribution in [2.24, 2.45) is 0 Å². The molecule has 0 aromatic rings. The van der Waals surface area contributed by atoms with Crippen molar-refractivity contribution in [3.8, 4) is 0 Å². The number of hydrogen-bond acceptors (Lipinski definition) is 0. The third-order valence-electron chi connectivity index (χ3n) is 2.14. The summed E-state index contributed by atoms with van der Waals surface area (Å²) in [5.74, 6) is 0. The molecule has 0 unspecified atom stereocenters. The van der Waals surface area contributed by atoms with Gasteiger partial charge in [0.25, 0.3) is 0 Å². The van der Waals surface area contributed by atoms with Crippen LogP contribution in [0.1, 0.15) is 51.9 Å². The summed E-state index contributed by atoms with van der Waals surface area (Å²) >= 11 is 0. The zero-order chi connectivity index (χ0) is 9.23. The smallest absolute Gasteiger partial charge is 0.142 e. The zero-order valence-electron chi connectivity index (χ0n) is 8.81. The molecule has 0 aromatic heterocycles. The first kappa shape index (κ1) is 11.7. The van der Waals surface area contributed by atoms with Crippen molar-refractivity contribution in [1.29, 1.82) is 0 Å². The van der Waals surface area contributed by atoms with E-state index < -0.39 is 0 Å². The van der Waals surface area contributed by atoms with Crippen LogP contribution < -0.4 is 0 Å². The second-order valence-corrected chi connectivity index (χ2v) is 3.70. The molecule has 12 heavy (non-hydrogen) atoms. The maximum absolute atomic E-state index is 3.82. The Balaban J connectivity index is 2.86. The fraction of sp³-hybridized carbons (Fsp3) is 0.909. The van der Waals surface area contributed by atoms with E-state index in [-0.39, 0.29) is 0 Å². The van der Waals surface area contributed by atoms with Crippen LogP contribution in [0.15, 0.2) is 0 Å². The largest absolute Gasteiger partial charge is 0.245 e. The van der Waals surface area contributed by atoms with Crippen molar-refractivity contribution in [1.82, 2.24) is 0 Å². The first-order valence-electron chi connectivity index (χ1n) is 5.29. The van der Waals surface area contributed by atoms with Gasteiger partial charge in [-0.15, -0.1) is 0 Å². The van der Waals surface area contributed by atoms with Crippen LogP contribution in [-0.2, 0) is 0 Å². The van der Waals surface area contributed by atoms with Crippen LogP contribution in [0.3, 0.4) is 0 Å². The second kappa shape index (κ2) is 8.76. The number of rotatable bonds is 8. The van der Waals surface area contributed by atoms with Crippen LogP contribution in [0.2, 0.25) is 0 Å². The van der Waals surface area contributed by atoms with E-state index in [1.54, 1.807) is 0 Å². The van der Waals surface area contributed by atoms with Gasteiger partial charge in [-0.25, -0.2) is 4.58 Å². The average Bonchev–Trinajstić information content (AvgIpc) is 2.02. The van der Waals surface area contributed by atoms with E-state index >= 15 is 0 Å². The normalized spacial score (nSPS) is 10.2. The number of unbranched alkanes of at least 4 members (excludes halogenated alkanes) is 6. The third kappa shape index (κ3) is 9.67. The van der Waals surface area contributed by atoms with E-state index in [1.807, 2.05) is 11.6 Å². The van der Waals surface area contributed by atoms with E-state index in [4.69, 9.17) is 0 Å². The van der Waals surface area contributed by atoms with Crippen LogP contribution >= 0.6 is 0 Å². The van der Waals surface area contributed by atoms with Crippen LogP contribution in [-0.4, -0.2) is 24.9 Å². The van der Waals surface area contributed by atoms with Gasteiger partial charge in [0.2, 0.25) is 0 Å². The Kier molecular flexibility index (Phi) is 8.52. The van der Waals surface area contributed by atoms with Crippen molar-refractivity contribution >= 4 is 6.72 Å². The van der Waals surface area contributed by atoms with Gasteiger partial charge in [0, 0.05) is 6.42 Å². The number of hydrogen-bond donors (Lipinski definition) is 0. The molecule has 0 saturated heterocycles. The molecule has 0 amide bonds. The Morgan fingerprint density at radius 3 is 1.92 bits per heavy atom. The van der Waals surface area contributed by atoms with E-state index in [0.717, 1.165) is 6.54 Å². The summed E-state index contributed by atoms with van der Waals surface area (Å²) in [4.78, 5) is 0. The zero-order valence-corrected chi connectivity index (χ0v) is 8.81. The molecule has 0 atom stereocenters. The highest BCUT2D eigenvalue weighted by atomic mass is 14.9. The summed E-state index contributed by atoms with van der Waals surface area (Å²) in [7, 11) is 2.04. The van der Waals surface area contributed by atoms with Crippen LogP contribution in [0.25, 0.3) is 0 Å². The lowest BCUT2D eigenvalue weighted by Gasteiger charge is -1.98. The van der Waals surface area contributed by atoms with Crippen molar-refractivity contribution in [2.75, 3.05) is 13.6 Å². The van der Waals surface area contributed by atoms with Crippen molar-refractivity contribution < 1.29 is 4.58 Å². The topological polar surface area (TPSA) is 3.01 Å². The van der Waals surface area contributed by atoms with E-state index in [0.29, 0.717) is 0 Å². The molecule has 0 bridgehead atoms. The predicted octanol–water partition coefficient (Wildman–Crippen LogP) is 3.08. The first-order valence-corrected chi connectivity index (χ1v) is 5.29. The highest BCUT2D eigenvalue weighted by molar-refractivity contribution is 5.13. The van der Waals surface area contributed by atoms with Gasteiger partial charge >= 0.3 is 0 Å². The molecule has 1 heteroatoms. The molecule has 0 aliphatic carbocycles. The molecule has 0 aliphatic heterocycles. The first-order chi connectivity index (χ1) is 5.77. The summed E-state index contributed by atoms with van der Waals surface area (Å²) in [6.07, 6.45) is 9.71. The fourth-order valence-electron chi connectivity index (χ4n) is 1.34. The van der Waals surface area contributed by atoms with E-state index in [1.165, 1.54) is 44.9 Å². The molecule has 0 heterocycles. The maximum Gasteiger partial charge on any atom is 0.142 e. The van der Waals surface area contributed by atoms with Crippen molar-refractivity contribution in [2.45, 2.75) is 51.9 Å². The molecule has 0 aliphatic rings. The van der Waals surface area contributed by atoms with Gasteiger partial charge < -0.3 is 0 Å². The standard InChI is InChI=1S/C11H24N/c1-4-5-6-7-8-9-10-11-12(2)3/h2,4-11H2,1,3H3/q+1. The summed E-state index contributed by atoms with van der Waals surface area (Å²) in [6.45, 7) is 7.23. The quantitative estimate of drug-likeness (QED) is 0.299. The Hall–Kier alpha value is -0.330. The molecular weight excluding hydrogens is 146 g/mol.